The predicted molar refractivity (Wildman–Crippen MR) is 117 cm³/mol. The van der Waals surface area contributed by atoms with Crippen molar-refractivity contribution in [2.75, 3.05) is 19.5 Å². The monoisotopic (exact) mass is 447 g/mol. The van der Waals surface area contributed by atoms with Gasteiger partial charge in [-0.25, -0.2) is 8.42 Å². The Morgan fingerprint density at radius 3 is 2.33 bits per heavy atom. The first-order valence-corrected chi connectivity index (χ1v) is 12.1. The zero-order chi connectivity index (χ0) is 21.6. The Balaban J connectivity index is 1.49. The van der Waals surface area contributed by atoms with Crippen molar-refractivity contribution in [1.82, 2.24) is 14.8 Å². The van der Waals surface area contributed by atoms with E-state index in [0.717, 1.165) is 29.2 Å². The first kappa shape index (κ1) is 22.2. The maximum atomic E-state index is 12.6. The van der Waals surface area contributed by atoms with Gasteiger partial charge in [0, 0.05) is 12.8 Å². The Morgan fingerprint density at radius 1 is 1.00 bits per heavy atom. The molecule has 1 aromatic heterocycles. The van der Waals surface area contributed by atoms with Crippen molar-refractivity contribution < 1.29 is 17.9 Å². The van der Waals surface area contributed by atoms with Gasteiger partial charge in [0.25, 0.3) is 0 Å². The fourth-order valence-corrected chi connectivity index (χ4v) is 4.83. The Hall–Kier alpha value is -2.52. The smallest absolute Gasteiger partial charge is 0.190 e. The lowest BCUT2D eigenvalue weighted by Crippen LogP contribution is -2.10. The Labute approximate surface area is 181 Å². The molecule has 30 heavy (non-hydrogen) atoms. The highest BCUT2D eigenvalue weighted by Gasteiger charge is 2.20. The number of sulfone groups is 1. The molecule has 0 unspecified atom stereocenters. The molecule has 0 radical (unpaired) electrons. The van der Waals surface area contributed by atoms with Crippen LogP contribution in [0.1, 0.15) is 17.8 Å². The summed E-state index contributed by atoms with van der Waals surface area (Å²) in [6, 6.07) is 14.3. The summed E-state index contributed by atoms with van der Waals surface area (Å²) in [7, 11) is -0.0499. The third-order valence-electron chi connectivity index (χ3n) is 4.47. The topological polar surface area (TPSA) is 83.3 Å². The van der Waals surface area contributed by atoms with Crippen molar-refractivity contribution in [3.8, 4) is 11.5 Å². The van der Waals surface area contributed by atoms with E-state index in [1.807, 2.05) is 31.2 Å². The van der Waals surface area contributed by atoms with Gasteiger partial charge in [-0.2, -0.15) is 0 Å². The van der Waals surface area contributed by atoms with Gasteiger partial charge in [0.1, 0.15) is 23.1 Å². The molecule has 0 aliphatic heterocycles. The maximum absolute atomic E-state index is 12.6. The SMILES string of the molecule is COc1ccc(OCCCSc2nnc(CS(=O)(=O)c3ccc(C)cc3)n2C)cc1. The zero-order valence-corrected chi connectivity index (χ0v) is 18.9. The number of thioether (sulfide) groups is 1. The molecule has 3 rings (SSSR count). The lowest BCUT2D eigenvalue weighted by molar-refractivity contribution is 0.318. The number of rotatable bonds is 10. The van der Waals surface area contributed by atoms with E-state index < -0.39 is 9.84 Å². The number of nitrogens with zero attached hydrogens (tertiary/aromatic N) is 3. The van der Waals surface area contributed by atoms with E-state index in [1.165, 1.54) is 11.8 Å². The first-order valence-electron chi connectivity index (χ1n) is 9.46. The number of aromatic nitrogens is 3. The average molecular weight is 448 g/mol. The fraction of sp³-hybridized carbons (Fsp3) is 0.333. The van der Waals surface area contributed by atoms with Crippen molar-refractivity contribution in [2.24, 2.45) is 7.05 Å². The fourth-order valence-electron chi connectivity index (χ4n) is 2.68. The zero-order valence-electron chi connectivity index (χ0n) is 17.2. The van der Waals surface area contributed by atoms with Gasteiger partial charge in [0.05, 0.1) is 18.6 Å². The molecule has 9 heteroatoms. The number of methoxy groups -OCH3 is 1. The van der Waals surface area contributed by atoms with Crippen molar-refractivity contribution in [3.63, 3.8) is 0 Å². The highest BCUT2D eigenvalue weighted by atomic mass is 32.2. The van der Waals surface area contributed by atoms with Gasteiger partial charge in [0.2, 0.25) is 0 Å². The minimum absolute atomic E-state index is 0.180. The van der Waals surface area contributed by atoms with Crippen LogP contribution in [-0.4, -0.2) is 42.7 Å². The second-order valence-electron chi connectivity index (χ2n) is 6.76. The standard InChI is InChI=1S/C21H25N3O4S2/c1-16-5-11-19(12-6-16)30(25,26)15-20-22-23-21(24(20)2)29-14-4-13-28-18-9-7-17(27-3)8-10-18/h5-12H,4,13-15H2,1-3H3. The number of hydrogen-bond donors (Lipinski definition) is 0. The summed E-state index contributed by atoms with van der Waals surface area (Å²) in [4.78, 5) is 0.293. The number of ether oxygens (including phenoxy) is 2. The molecule has 3 aromatic rings. The maximum Gasteiger partial charge on any atom is 0.190 e. The predicted octanol–water partition coefficient (Wildman–Crippen LogP) is 3.67. The summed E-state index contributed by atoms with van der Waals surface area (Å²) in [5, 5.41) is 8.90. The Kier molecular flexibility index (Phi) is 7.38. The summed E-state index contributed by atoms with van der Waals surface area (Å²) in [5.41, 5.74) is 1.02. The van der Waals surface area contributed by atoms with E-state index in [9.17, 15) is 8.42 Å². The summed E-state index contributed by atoms with van der Waals surface area (Å²) in [6.45, 7) is 2.50. The van der Waals surface area contributed by atoms with Crippen molar-refractivity contribution >= 4 is 21.6 Å². The summed E-state index contributed by atoms with van der Waals surface area (Å²) < 4.78 is 37.8. The largest absolute Gasteiger partial charge is 0.497 e. The van der Waals surface area contributed by atoms with Crippen molar-refractivity contribution in [3.05, 3.63) is 59.9 Å². The van der Waals surface area contributed by atoms with Gasteiger partial charge in [-0.3, -0.25) is 0 Å². The highest BCUT2D eigenvalue weighted by molar-refractivity contribution is 7.99. The van der Waals surface area contributed by atoms with Crippen LogP contribution in [-0.2, 0) is 22.6 Å². The molecule has 0 aliphatic rings. The van der Waals surface area contributed by atoms with E-state index in [2.05, 4.69) is 10.2 Å². The van der Waals surface area contributed by atoms with Gasteiger partial charge in [0.15, 0.2) is 15.0 Å². The highest BCUT2D eigenvalue weighted by Crippen LogP contribution is 2.21. The average Bonchev–Trinajstić information content (AvgIpc) is 3.07. The molecule has 0 amide bonds. The molecule has 7 nitrogen and oxygen atoms in total. The molecule has 1 heterocycles. The summed E-state index contributed by atoms with van der Waals surface area (Å²) in [6.07, 6.45) is 0.820. The molecule has 2 aromatic carbocycles. The number of hydrogen-bond acceptors (Lipinski definition) is 7. The van der Waals surface area contributed by atoms with Crippen molar-refractivity contribution in [2.45, 2.75) is 29.1 Å². The van der Waals surface area contributed by atoms with Gasteiger partial charge >= 0.3 is 0 Å². The van der Waals surface area contributed by atoms with Gasteiger partial charge in [-0.15, -0.1) is 10.2 Å². The van der Waals surface area contributed by atoms with Crippen LogP contribution in [0.25, 0.3) is 0 Å². The quantitative estimate of drug-likeness (QED) is 0.346. The normalized spacial score (nSPS) is 11.4. The van der Waals surface area contributed by atoms with Crippen LogP contribution in [0.4, 0.5) is 0 Å². The molecule has 0 N–H and O–H groups in total. The third kappa shape index (κ3) is 5.76. The van der Waals surface area contributed by atoms with Gasteiger partial charge in [-0.1, -0.05) is 29.5 Å². The second kappa shape index (κ2) is 9.99. The van der Waals surface area contributed by atoms with Gasteiger partial charge in [-0.05, 0) is 49.7 Å². The number of aryl methyl sites for hydroxylation is 1. The molecular weight excluding hydrogens is 422 g/mol. The summed E-state index contributed by atoms with van der Waals surface area (Å²) in [5.74, 6) is 2.61. The molecular formula is C21H25N3O4S2. The van der Waals surface area contributed by atoms with Crippen molar-refractivity contribution in [1.29, 1.82) is 0 Å². The van der Waals surface area contributed by atoms with E-state index in [-0.39, 0.29) is 5.75 Å². The van der Waals surface area contributed by atoms with Crippen LogP contribution < -0.4 is 9.47 Å². The molecule has 0 atom stereocenters. The molecule has 0 saturated heterocycles. The van der Waals surface area contributed by atoms with Crippen LogP contribution in [0.2, 0.25) is 0 Å². The van der Waals surface area contributed by atoms with Crippen LogP contribution in [0.15, 0.2) is 58.6 Å². The third-order valence-corrected chi connectivity index (χ3v) is 7.21. The molecule has 0 saturated carbocycles. The van der Waals surface area contributed by atoms with E-state index in [1.54, 1.807) is 43.0 Å². The molecule has 0 bridgehead atoms. The Bertz CT molecular complexity index is 1060. The van der Waals surface area contributed by atoms with Gasteiger partial charge < -0.3 is 14.0 Å². The minimum atomic E-state index is -3.47. The summed E-state index contributed by atoms with van der Waals surface area (Å²) >= 11 is 1.53. The number of benzene rings is 2. The second-order valence-corrected chi connectivity index (χ2v) is 9.81. The lowest BCUT2D eigenvalue weighted by Gasteiger charge is -2.07. The van der Waals surface area contributed by atoms with E-state index in [4.69, 9.17) is 9.47 Å². The molecule has 0 aliphatic carbocycles. The Morgan fingerprint density at radius 2 is 1.67 bits per heavy atom. The first-order chi connectivity index (χ1) is 14.4. The van der Waals surface area contributed by atoms with Crippen LogP contribution in [0.3, 0.4) is 0 Å². The lowest BCUT2D eigenvalue weighted by atomic mass is 10.2. The molecule has 0 fully saturated rings. The van der Waals surface area contributed by atoms with Crippen LogP contribution in [0, 0.1) is 6.92 Å². The van der Waals surface area contributed by atoms with E-state index >= 15 is 0 Å². The van der Waals surface area contributed by atoms with Crippen LogP contribution >= 0.6 is 11.8 Å². The molecule has 160 valence electrons. The van der Waals surface area contributed by atoms with Crippen LogP contribution in [0.5, 0.6) is 11.5 Å². The van der Waals surface area contributed by atoms with E-state index in [0.29, 0.717) is 22.5 Å². The molecule has 0 spiro atoms. The minimum Gasteiger partial charge on any atom is -0.497 e.